The number of hydrogen-bond acceptors (Lipinski definition) is 5. The number of hydroxylamine groups is 1. The number of nitrogens with zero attached hydrogens (tertiary/aromatic N) is 2. The normalized spacial score (nSPS) is 19.7. The molecule has 0 aromatic heterocycles. The van der Waals surface area contributed by atoms with Crippen molar-refractivity contribution in [1.29, 1.82) is 0 Å². The molecule has 0 saturated carbocycles. The van der Waals surface area contributed by atoms with E-state index in [1.54, 1.807) is 0 Å². The first-order chi connectivity index (χ1) is 7.99. The number of nitro benzene ring substituents is 1. The Morgan fingerprint density at radius 2 is 2.06 bits per heavy atom. The van der Waals surface area contributed by atoms with Crippen molar-refractivity contribution in [2.24, 2.45) is 0 Å². The molecule has 1 aromatic carbocycles. The van der Waals surface area contributed by atoms with Gasteiger partial charge in [0, 0.05) is 12.1 Å². The van der Waals surface area contributed by atoms with Gasteiger partial charge in [0.25, 0.3) is 5.69 Å². The van der Waals surface area contributed by atoms with E-state index in [2.05, 4.69) is 0 Å². The first kappa shape index (κ1) is 12.4. The maximum atomic E-state index is 10.6. The van der Waals surface area contributed by atoms with E-state index in [9.17, 15) is 15.2 Å². The highest BCUT2D eigenvalue weighted by Crippen LogP contribution is 2.38. The van der Waals surface area contributed by atoms with E-state index in [1.807, 2.05) is 0 Å². The summed E-state index contributed by atoms with van der Waals surface area (Å²) >= 11 is 11.8. The van der Waals surface area contributed by atoms with E-state index in [-0.39, 0.29) is 28.9 Å². The minimum atomic E-state index is -0.627. The van der Waals surface area contributed by atoms with Crippen molar-refractivity contribution in [2.45, 2.75) is 6.10 Å². The van der Waals surface area contributed by atoms with Crippen LogP contribution in [0.3, 0.4) is 0 Å². The molecular weight excluding hydrogens is 271 g/mol. The quantitative estimate of drug-likeness (QED) is 0.662. The lowest BCUT2D eigenvalue weighted by atomic mass is 10.2. The number of nitro groups is 1. The standard InChI is InChI=1S/C9H8Cl2N2O4/c10-7-1-5(13(15)16)2-8(11)9(7)12-3-6(14)4-17-12/h1-2,6,14H,3-4H2. The van der Waals surface area contributed by atoms with Crippen LogP contribution in [-0.2, 0) is 4.84 Å². The molecule has 1 aliphatic rings. The molecule has 1 aromatic rings. The maximum absolute atomic E-state index is 10.6. The molecule has 1 atom stereocenters. The first-order valence-electron chi connectivity index (χ1n) is 4.71. The van der Waals surface area contributed by atoms with Crippen LogP contribution in [0.25, 0.3) is 0 Å². The van der Waals surface area contributed by atoms with E-state index >= 15 is 0 Å². The lowest BCUT2D eigenvalue weighted by Gasteiger charge is -2.18. The molecule has 1 heterocycles. The van der Waals surface area contributed by atoms with Crippen LogP contribution in [0.1, 0.15) is 0 Å². The molecule has 0 aliphatic carbocycles. The number of halogens is 2. The molecule has 1 fully saturated rings. The summed E-state index contributed by atoms with van der Waals surface area (Å²) in [5.74, 6) is 0. The minimum absolute atomic E-state index is 0.110. The fourth-order valence-electron chi connectivity index (χ4n) is 1.52. The third kappa shape index (κ3) is 2.44. The van der Waals surface area contributed by atoms with Crippen molar-refractivity contribution in [1.82, 2.24) is 0 Å². The lowest BCUT2D eigenvalue weighted by molar-refractivity contribution is -0.384. The Hall–Kier alpha value is -1.08. The Kier molecular flexibility index (Phi) is 3.39. The summed E-state index contributed by atoms with van der Waals surface area (Å²) in [5, 5.41) is 21.5. The molecule has 0 bridgehead atoms. The molecular formula is C9H8Cl2N2O4. The van der Waals surface area contributed by atoms with Crippen molar-refractivity contribution in [3.63, 3.8) is 0 Å². The van der Waals surface area contributed by atoms with Gasteiger partial charge in [0.15, 0.2) is 0 Å². The Balaban J connectivity index is 2.38. The van der Waals surface area contributed by atoms with Gasteiger partial charge in [0.05, 0.1) is 27.6 Å². The van der Waals surface area contributed by atoms with Gasteiger partial charge in [-0.05, 0) is 0 Å². The van der Waals surface area contributed by atoms with Crippen LogP contribution >= 0.6 is 23.2 Å². The number of aliphatic hydroxyl groups excluding tert-OH is 1. The zero-order valence-electron chi connectivity index (χ0n) is 8.47. The predicted molar refractivity (Wildman–Crippen MR) is 62.4 cm³/mol. The molecule has 0 radical (unpaired) electrons. The van der Waals surface area contributed by atoms with Crippen LogP contribution < -0.4 is 5.06 Å². The molecule has 2 rings (SSSR count). The molecule has 0 amide bonds. The third-order valence-corrected chi connectivity index (χ3v) is 2.84. The molecule has 0 spiro atoms. The minimum Gasteiger partial charge on any atom is -0.389 e. The summed E-state index contributed by atoms with van der Waals surface area (Å²) in [4.78, 5) is 15.2. The summed E-state index contributed by atoms with van der Waals surface area (Å²) in [6.07, 6.45) is -0.627. The molecule has 6 nitrogen and oxygen atoms in total. The zero-order chi connectivity index (χ0) is 12.6. The van der Waals surface area contributed by atoms with Crippen LogP contribution in [0.2, 0.25) is 10.0 Å². The number of non-ortho nitro benzene ring substituents is 1. The van der Waals surface area contributed by atoms with Crippen LogP contribution in [0.15, 0.2) is 12.1 Å². The van der Waals surface area contributed by atoms with Gasteiger partial charge in [-0.25, -0.2) is 5.06 Å². The van der Waals surface area contributed by atoms with E-state index in [0.29, 0.717) is 5.69 Å². The molecule has 92 valence electrons. The third-order valence-electron chi connectivity index (χ3n) is 2.26. The van der Waals surface area contributed by atoms with E-state index in [1.165, 1.54) is 17.2 Å². The van der Waals surface area contributed by atoms with E-state index in [0.717, 1.165) is 0 Å². The highest BCUT2D eigenvalue weighted by atomic mass is 35.5. The number of benzene rings is 1. The SMILES string of the molecule is O=[N+]([O-])c1cc(Cl)c(N2CC(O)CO2)c(Cl)c1. The summed E-state index contributed by atoms with van der Waals surface area (Å²) < 4.78 is 0. The Bertz CT molecular complexity index is 445. The second-order valence-electron chi connectivity index (χ2n) is 3.53. The number of anilines is 1. The van der Waals surface area contributed by atoms with Crippen molar-refractivity contribution >= 4 is 34.6 Å². The van der Waals surface area contributed by atoms with Crippen molar-refractivity contribution in [3.05, 3.63) is 32.3 Å². The van der Waals surface area contributed by atoms with Crippen molar-refractivity contribution in [3.8, 4) is 0 Å². The van der Waals surface area contributed by atoms with Crippen LogP contribution in [0, 0.1) is 10.1 Å². The average Bonchev–Trinajstić information content (AvgIpc) is 2.63. The molecule has 1 N–H and O–H groups in total. The summed E-state index contributed by atoms with van der Waals surface area (Å²) in [7, 11) is 0. The monoisotopic (exact) mass is 278 g/mol. The smallest absolute Gasteiger partial charge is 0.272 e. The van der Waals surface area contributed by atoms with Crippen LogP contribution in [0.5, 0.6) is 0 Å². The van der Waals surface area contributed by atoms with Gasteiger partial charge in [-0.3, -0.25) is 15.0 Å². The fourth-order valence-corrected chi connectivity index (χ4v) is 2.19. The first-order valence-corrected chi connectivity index (χ1v) is 5.46. The molecule has 8 heteroatoms. The second-order valence-corrected chi connectivity index (χ2v) is 4.34. The molecule has 1 saturated heterocycles. The van der Waals surface area contributed by atoms with Gasteiger partial charge in [-0.15, -0.1) is 0 Å². The van der Waals surface area contributed by atoms with Gasteiger partial charge in [0.2, 0.25) is 0 Å². The van der Waals surface area contributed by atoms with Crippen LogP contribution in [-0.4, -0.2) is 29.3 Å². The second kappa shape index (κ2) is 4.66. The fraction of sp³-hybridized carbons (Fsp3) is 0.333. The summed E-state index contributed by atoms with van der Waals surface area (Å²) in [6, 6.07) is 2.38. The predicted octanol–water partition coefficient (Wildman–Crippen LogP) is 2.01. The van der Waals surface area contributed by atoms with Gasteiger partial charge >= 0.3 is 0 Å². The van der Waals surface area contributed by atoms with Gasteiger partial charge in [-0.1, -0.05) is 23.2 Å². The van der Waals surface area contributed by atoms with Gasteiger partial charge in [-0.2, -0.15) is 0 Å². The van der Waals surface area contributed by atoms with E-state index in [4.69, 9.17) is 28.0 Å². The number of rotatable bonds is 2. The topological polar surface area (TPSA) is 75.8 Å². The Morgan fingerprint density at radius 3 is 2.47 bits per heavy atom. The van der Waals surface area contributed by atoms with Gasteiger partial charge < -0.3 is 5.11 Å². The van der Waals surface area contributed by atoms with Crippen LogP contribution in [0.4, 0.5) is 11.4 Å². The van der Waals surface area contributed by atoms with E-state index < -0.39 is 11.0 Å². The molecule has 17 heavy (non-hydrogen) atoms. The largest absolute Gasteiger partial charge is 0.389 e. The highest BCUT2D eigenvalue weighted by Gasteiger charge is 2.27. The molecule has 1 aliphatic heterocycles. The zero-order valence-corrected chi connectivity index (χ0v) is 9.98. The highest BCUT2D eigenvalue weighted by molar-refractivity contribution is 6.39. The van der Waals surface area contributed by atoms with Gasteiger partial charge in [0.1, 0.15) is 12.3 Å². The molecule has 1 unspecified atom stereocenters. The van der Waals surface area contributed by atoms with Crippen molar-refractivity contribution in [2.75, 3.05) is 18.2 Å². The number of β-amino-alcohol motifs (C(OH)–C–C–N with tert-alkyl or cyclic N) is 1. The number of aliphatic hydroxyl groups is 1. The Labute approximate surface area is 106 Å². The number of hydrogen-bond donors (Lipinski definition) is 1. The summed E-state index contributed by atoms with van der Waals surface area (Å²) in [5.41, 5.74) is 0.138. The maximum Gasteiger partial charge on any atom is 0.272 e. The lowest BCUT2D eigenvalue weighted by Crippen LogP contribution is -2.20. The summed E-state index contributed by atoms with van der Waals surface area (Å²) in [6.45, 7) is 0.362. The Morgan fingerprint density at radius 1 is 1.47 bits per heavy atom. The average molecular weight is 279 g/mol. The van der Waals surface area contributed by atoms with Crippen molar-refractivity contribution < 1.29 is 14.9 Å².